The molecule has 3 heterocycles. The lowest BCUT2D eigenvalue weighted by Crippen LogP contribution is -2.40. The number of halogens is 1. The third kappa shape index (κ3) is 4.58. The van der Waals surface area contributed by atoms with Crippen LogP contribution >= 0.6 is 34.3 Å². The molecule has 31 heavy (non-hydrogen) atoms. The number of amides is 1. The van der Waals surface area contributed by atoms with Gasteiger partial charge >= 0.3 is 0 Å². The summed E-state index contributed by atoms with van der Waals surface area (Å²) in [5.74, 6) is 0.293. The molecule has 11 heteroatoms. The van der Waals surface area contributed by atoms with Gasteiger partial charge in [0.25, 0.3) is 15.9 Å². The number of sulfonamides is 1. The minimum Gasteiger partial charge on any atom is -0.494 e. The monoisotopic (exact) mass is 499 g/mol. The zero-order valence-electron chi connectivity index (χ0n) is 17.1. The zero-order chi connectivity index (χ0) is 22.2. The van der Waals surface area contributed by atoms with Crippen molar-refractivity contribution in [1.29, 1.82) is 0 Å². The molecule has 0 bridgehead atoms. The first-order valence-electron chi connectivity index (χ1n) is 9.86. The first-order valence-corrected chi connectivity index (χ1v) is 13.3. The van der Waals surface area contributed by atoms with E-state index in [9.17, 15) is 13.2 Å². The highest BCUT2D eigenvalue weighted by molar-refractivity contribution is 7.91. The Kier molecular flexibility index (Phi) is 6.55. The van der Waals surface area contributed by atoms with E-state index in [1.165, 1.54) is 21.7 Å². The third-order valence-corrected chi connectivity index (χ3v) is 9.94. The Morgan fingerprint density at radius 2 is 1.97 bits per heavy atom. The SMILES string of the molecule is CCOc1ccc2c(c1)sc(=NC(=O)C1CCN(S(=O)(=O)c3ccc(Cl)s3)CC1)n2C. The van der Waals surface area contributed by atoms with E-state index in [1.807, 2.05) is 36.7 Å². The molecule has 2 aromatic heterocycles. The van der Waals surface area contributed by atoms with Crippen LogP contribution in [0.4, 0.5) is 0 Å². The Balaban J connectivity index is 1.49. The van der Waals surface area contributed by atoms with Crippen LogP contribution in [0.1, 0.15) is 19.8 Å². The van der Waals surface area contributed by atoms with Crippen LogP contribution in [0.15, 0.2) is 39.5 Å². The average Bonchev–Trinajstić information content (AvgIpc) is 3.32. The van der Waals surface area contributed by atoms with Crippen molar-refractivity contribution in [2.45, 2.75) is 24.0 Å². The van der Waals surface area contributed by atoms with Crippen LogP contribution in [0, 0.1) is 5.92 Å². The third-order valence-electron chi connectivity index (χ3n) is 5.24. The van der Waals surface area contributed by atoms with E-state index in [0.717, 1.165) is 27.3 Å². The van der Waals surface area contributed by atoms with Gasteiger partial charge in [-0.1, -0.05) is 22.9 Å². The minimum atomic E-state index is -3.57. The normalized spacial score (nSPS) is 16.8. The smallest absolute Gasteiger partial charge is 0.252 e. The molecule has 1 saturated heterocycles. The summed E-state index contributed by atoms with van der Waals surface area (Å²) in [5, 5.41) is 0. The van der Waals surface area contributed by atoms with Gasteiger partial charge in [-0.05, 0) is 50.1 Å². The van der Waals surface area contributed by atoms with Crippen LogP contribution in [0.2, 0.25) is 4.34 Å². The van der Waals surface area contributed by atoms with Gasteiger partial charge in [0.05, 0.1) is 21.2 Å². The molecule has 1 aliphatic rings. The summed E-state index contributed by atoms with van der Waals surface area (Å²) in [6, 6.07) is 8.92. The molecule has 1 aromatic carbocycles. The Hall–Kier alpha value is -1.72. The number of carbonyl (C=O) groups excluding carboxylic acids is 1. The number of aromatic nitrogens is 1. The number of hydrogen-bond acceptors (Lipinski definition) is 6. The maximum atomic E-state index is 12.8. The molecule has 0 N–H and O–H groups in total. The van der Waals surface area contributed by atoms with E-state index >= 15 is 0 Å². The van der Waals surface area contributed by atoms with Crippen molar-refractivity contribution in [3.63, 3.8) is 0 Å². The van der Waals surface area contributed by atoms with Gasteiger partial charge in [0.2, 0.25) is 0 Å². The predicted molar refractivity (Wildman–Crippen MR) is 123 cm³/mol. The molecule has 0 atom stereocenters. The molecule has 3 aromatic rings. The molecule has 1 fully saturated rings. The number of rotatable bonds is 5. The standard InChI is InChI=1S/C20H22ClN3O4S3/c1-3-28-14-4-5-15-16(12-14)29-20(23(15)2)22-19(25)13-8-10-24(11-9-13)31(26,27)18-7-6-17(21)30-18/h4-7,12-13H,3,8-11H2,1-2H3. The second-order valence-corrected chi connectivity index (χ2v) is 12.1. The minimum absolute atomic E-state index is 0.205. The number of ether oxygens (including phenoxy) is 1. The summed E-state index contributed by atoms with van der Waals surface area (Å²) in [5.41, 5.74) is 0.982. The van der Waals surface area contributed by atoms with Gasteiger partial charge < -0.3 is 9.30 Å². The van der Waals surface area contributed by atoms with E-state index in [-0.39, 0.29) is 16.0 Å². The Bertz CT molecular complexity index is 1280. The van der Waals surface area contributed by atoms with Crippen molar-refractivity contribution < 1.29 is 17.9 Å². The molecule has 1 amide bonds. The van der Waals surface area contributed by atoms with Crippen LogP contribution in [-0.4, -0.2) is 42.9 Å². The summed E-state index contributed by atoms with van der Waals surface area (Å²) >= 11 is 8.37. The van der Waals surface area contributed by atoms with E-state index in [2.05, 4.69) is 4.99 Å². The van der Waals surface area contributed by atoms with Crippen LogP contribution in [0.3, 0.4) is 0 Å². The van der Waals surface area contributed by atoms with Crippen molar-refractivity contribution >= 4 is 60.4 Å². The summed E-state index contributed by atoms with van der Waals surface area (Å²) in [4.78, 5) is 17.8. The number of piperidine rings is 1. The fourth-order valence-electron chi connectivity index (χ4n) is 3.57. The van der Waals surface area contributed by atoms with Gasteiger partial charge in [0.1, 0.15) is 9.96 Å². The van der Waals surface area contributed by atoms with Crippen LogP contribution in [-0.2, 0) is 21.9 Å². The number of nitrogens with zero attached hydrogens (tertiary/aromatic N) is 3. The van der Waals surface area contributed by atoms with E-state index in [4.69, 9.17) is 16.3 Å². The lowest BCUT2D eigenvalue weighted by Gasteiger charge is -2.29. The zero-order valence-corrected chi connectivity index (χ0v) is 20.3. The summed E-state index contributed by atoms with van der Waals surface area (Å²) in [7, 11) is -1.69. The van der Waals surface area contributed by atoms with Crippen LogP contribution in [0.25, 0.3) is 10.2 Å². The number of fused-ring (bicyclic) bond motifs is 1. The molecular weight excluding hydrogens is 478 g/mol. The predicted octanol–water partition coefficient (Wildman–Crippen LogP) is 3.88. The van der Waals surface area contributed by atoms with E-state index < -0.39 is 10.0 Å². The van der Waals surface area contributed by atoms with Gasteiger partial charge in [-0.3, -0.25) is 4.79 Å². The van der Waals surface area contributed by atoms with Crippen molar-refractivity contribution in [3.05, 3.63) is 39.5 Å². The summed E-state index contributed by atoms with van der Waals surface area (Å²) in [6.45, 7) is 3.11. The number of carbonyl (C=O) groups is 1. The quantitative estimate of drug-likeness (QED) is 0.533. The van der Waals surface area contributed by atoms with Crippen molar-refractivity contribution in [2.24, 2.45) is 18.0 Å². The van der Waals surface area contributed by atoms with Gasteiger partial charge in [0, 0.05) is 26.1 Å². The Morgan fingerprint density at radius 3 is 2.61 bits per heavy atom. The maximum Gasteiger partial charge on any atom is 0.252 e. The first kappa shape index (κ1) is 22.5. The molecule has 4 rings (SSSR count). The number of hydrogen-bond donors (Lipinski definition) is 0. The Morgan fingerprint density at radius 1 is 1.23 bits per heavy atom. The highest BCUT2D eigenvalue weighted by atomic mass is 35.5. The van der Waals surface area contributed by atoms with Crippen molar-refractivity contribution in [3.8, 4) is 5.75 Å². The topological polar surface area (TPSA) is 81.0 Å². The van der Waals surface area contributed by atoms with Gasteiger partial charge in [0.15, 0.2) is 4.80 Å². The van der Waals surface area contributed by atoms with Crippen LogP contribution < -0.4 is 9.54 Å². The molecule has 0 radical (unpaired) electrons. The van der Waals surface area contributed by atoms with E-state index in [0.29, 0.717) is 41.7 Å². The van der Waals surface area contributed by atoms with Gasteiger partial charge in [-0.15, -0.1) is 11.3 Å². The molecule has 0 spiro atoms. The first-order chi connectivity index (χ1) is 14.8. The number of benzene rings is 1. The van der Waals surface area contributed by atoms with Crippen LogP contribution in [0.5, 0.6) is 5.75 Å². The molecule has 0 aliphatic carbocycles. The second-order valence-electron chi connectivity index (χ2n) is 7.19. The fourth-order valence-corrected chi connectivity index (χ4v) is 7.73. The maximum absolute atomic E-state index is 12.8. The van der Waals surface area contributed by atoms with Crippen molar-refractivity contribution in [2.75, 3.05) is 19.7 Å². The molecular formula is C20H22ClN3O4S3. The molecule has 1 aliphatic heterocycles. The molecule has 166 valence electrons. The lowest BCUT2D eigenvalue weighted by molar-refractivity contribution is -0.122. The van der Waals surface area contributed by atoms with E-state index in [1.54, 1.807) is 6.07 Å². The molecule has 0 saturated carbocycles. The van der Waals surface area contributed by atoms with Gasteiger partial charge in [-0.2, -0.15) is 9.30 Å². The summed E-state index contributed by atoms with van der Waals surface area (Å²) < 4.78 is 36.0. The average molecular weight is 500 g/mol. The molecule has 7 nitrogen and oxygen atoms in total. The fraction of sp³-hybridized carbons (Fsp3) is 0.400. The molecule has 0 unspecified atom stereocenters. The number of aryl methyl sites for hydroxylation is 1. The highest BCUT2D eigenvalue weighted by Crippen LogP contribution is 2.31. The highest BCUT2D eigenvalue weighted by Gasteiger charge is 2.33. The summed E-state index contributed by atoms with van der Waals surface area (Å²) in [6.07, 6.45) is 0.896. The van der Waals surface area contributed by atoms with Gasteiger partial charge in [-0.25, -0.2) is 8.42 Å². The number of thiophene rings is 1. The lowest BCUT2D eigenvalue weighted by atomic mass is 9.98. The second kappa shape index (κ2) is 9.03. The largest absolute Gasteiger partial charge is 0.494 e. The van der Waals surface area contributed by atoms with Crippen molar-refractivity contribution in [1.82, 2.24) is 8.87 Å². The number of thiazole rings is 1. The Labute approximate surface area is 193 Å².